The number of nitriles is 1. The molecule has 1 aromatic carbocycles. The van der Waals surface area contributed by atoms with Gasteiger partial charge in [0.25, 0.3) is 0 Å². The molecule has 0 saturated carbocycles. The Morgan fingerprint density at radius 2 is 2.11 bits per heavy atom. The van der Waals surface area contributed by atoms with Gasteiger partial charge >= 0.3 is 5.97 Å². The van der Waals surface area contributed by atoms with Gasteiger partial charge in [-0.15, -0.1) is 0 Å². The number of hydrogen-bond donors (Lipinski definition) is 2. The van der Waals surface area contributed by atoms with E-state index < -0.39 is 5.97 Å². The van der Waals surface area contributed by atoms with Gasteiger partial charge in [-0.3, -0.25) is 5.10 Å². The van der Waals surface area contributed by atoms with E-state index in [4.69, 9.17) is 10.4 Å². The van der Waals surface area contributed by atoms with Gasteiger partial charge in [-0.1, -0.05) is 0 Å². The second kappa shape index (κ2) is 4.34. The molecule has 5 heteroatoms. The fraction of sp³-hybridized carbons (Fsp3) is 0.154. The molecular formula is C13H11N3O2. The molecule has 5 nitrogen and oxygen atoms in total. The lowest BCUT2D eigenvalue weighted by atomic mass is 9.99. The molecule has 0 spiro atoms. The molecule has 0 bridgehead atoms. The predicted molar refractivity (Wildman–Crippen MR) is 65.2 cm³/mol. The van der Waals surface area contributed by atoms with E-state index in [-0.39, 0.29) is 5.69 Å². The van der Waals surface area contributed by atoms with E-state index in [0.717, 1.165) is 16.7 Å². The molecule has 0 fully saturated rings. The van der Waals surface area contributed by atoms with E-state index in [9.17, 15) is 4.79 Å². The summed E-state index contributed by atoms with van der Waals surface area (Å²) in [4.78, 5) is 10.8. The minimum Gasteiger partial charge on any atom is -0.477 e. The van der Waals surface area contributed by atoms with Crippen molar-refractivity contribution < 1.29 is 9.90 Å². The number of carboxylic acid groups (broad SMARTS) is 1. The predicted octanol–water partition coefficient (Wildman–Crippen LogP) is 2.26. The maximum absolute atomic E-state index is 10.8. The number of aromatic nitrogens is 2. The van der Waals surface area contributed by atoms with E-state index in [0.29, 0.717) is 11.3 Å². The first-order valence-corrected chi connectivity index (χ1v) is 5.33. The summed E-state index contributed by atoms with van der Waals surface area (Å²) in [7, 11) is 0. The molecule has 0 atom stereocenters. The molecule has 90 valence electrons. The Morgan fingerprint density at radius 1 is 1.39 bits per heavy atom. The highest BCUT2D eigenvalue weighted by Gasteiger charge is 2.11. The number of aromatic carboxylic acids is 1. The number of aromatic amines is 1. The molecule has 0 aliphatic heterocycles. The van der Waals surface area contributed by atoms with Crippen LogP contribution in [0.3, 0.4) is 0 Å². The van der Waals surface area contributed by atoms with Crippen LogP contribution in [-0.4, -0.2) is 21.3 Å². The maximum atomic E-state index is 10.8. The van der Waals surface area contributed by atoms with Gasteiger partial charge in [-0.2, -0.15) is 10.4 Å². The van der Waals surface area contributed by atoms with E-state index in [1.54, 1.807) is 6.07 Å². The van der Waals surface area contributed by atoms with Gasteiger partial charge in [0.15, 0.2) is 0 Å². The van der Waals surface area contributed by atoms with Crippen LogP contribution >= 0.6 is 0 Å². The minimum absolute atomic E-state index is 0.0294. The summed E-state index contributed by atoms with van der Waals surface area (Å²) < 4.78 is 0. The van der Waals surface area contributed by atoms with Gasteiger partial charge in [0.1, 0.15) is 5.69 Å². The number of aryl methyl sites for hydroxylation is 1. The van der Waals surface area contributed by atoms with E-state index in [1.807, 2.05) is 19.9 Å². The zero-order chi connectivity index (χ0) is 13.3. The average Bonchev–Trinajstić information content (AvgIpc) is 2.82. The van der Waals surface area contributed by atoms with Gasteiger partial charge in [-0.05, 0) is 43.2 Å². The van der Waals surface area contributed by atoms with Crippen LogP contribution in [0.5, 0.6) is 0 Å². The van der Waals surface area contributed by atoms with Crippen LogP contribution in [0.4, 0.5) is 0 Å². The topological polar surface area (TPSA) is 89.8 Å². The summed E-state index contributed by atoms with van der Waals surface area (Å²) in [5.74, 6) is -1.06. The lowest BCUT2D eigenvalue weighted by molar-refractivity contribution is 0.0690. The summed E-state index contributed by atoms with van der Waals surface area (Å²) >= 11 is 0. The highest BCUT2D eigenvalue weighted by Crippen LogP contribution is 2.23. The summed E-state index contributed by atoms with van der Waals surface area (Å²) in [6.07, 6.45) is 0. The van der Waals surface area contributed by atoms with Crippen molar-refractivity contribution in [1.82, 2.24) is 10.2 Å². The monoisotopic (exact) mass is 241 g/mol. The molecular weight excluding hydrogens is 230 g/mol. The van der Waals surface area contributed by atoms with Gasteiger partial charge in [-0.25, -0.2) is 4.79 Å². The Morgan fingerprint density at radius 3 is 2.67 bits per heavy atom. The molecule has 18 heavy (non-hydrogen) atoms. The van der Waals surface area contributed by atoms with Gasteiger partial charge < -0.3 is 5.11 Å². The molecule has 0 amide bonds. The van der Waals surface area contributed by atoms with Crippen molar-refractivity contribution in [3.63, 3.8) is 0 Å². The van der Waals surface area contributed by atoms with Crippen LogP contribution < -0.4 is 0 Å². The molecule has 2 rings (SSSR count). The smallest absolute Gasteiger partial charge is 0.353 e. The first kappa shape index (κ1) is 11.9. The number of nitrogens with zero attached hydrogens (tertiary/aromatic N) is 2. The van der Waals surface area contributed by atoms with E-state index in [1.165, 1.54) is 6.07 Å². The van der Waals surface area contributed by atoms with Crippen LogP contribution in [0, 0.1) is 25.2 Å². The van der Waals surface area contributed by atoms with Crippen LogP contribution in [0.2, 0.25) is 0 Å². The molecule has 0 radical (unpaired) electrons. The normalized spacial score (nSPS) is 10.1. The molecule has 0 unspecified atom stereocenters. The number of carboxylic acids is 1. The Bertz CT molecular complexity index is 665. The van der Waals surface area contributed by atoms with Crippen molar-refractivity contribution >= 4 is 5.97 Å². The van der Waals surface area contributed by atoms with Crippen molar-refractivity contribution in [2.45, 2.75) is 13.8 Å². The molecule has 2 N–H and O–H groups in total. The average molecular weight is 241 g/mol. The van der Waals surface area contributed by atoms with Crippen molar-refractivity contribution in [2.24, 2.45) is 0 Å². The Labute approximate surface area is 104 Å². The molecule has 1 aromatic heterocycles. The van der Waals surface area contributed by atoms with Crippen LogP contribution in [0.1, 0.15) is 27.2 Å². The number of nitrogens with one attached hydrogen (secondary N) is 1. The van der Waals surface area contributed by atoms with Crippen molar-refractivity contribution in [3.8, 4) is 17.3 Å². The van der Waals surface area contributed by atoms with Gasteiger partial charge in [0.2, 0.25) is 0 Å². The fourth-order valence-corrected chi connectivity index (χ4v) is 1.70. The second-order valence-corrected chi connectivity index (χ2v) is 4.05. The molecule has 0 saturated heterocycles. The third kappa shape index (κ3) is 1.96. The zero-order valence-corrected chi connectivity index (χ0v) is 9.98. The first-order chi connectivity index (χ1) is 8.52. The van der Waals surface area contributed by atoms with Crippen molar-refractivity contribution in [2.75, 3.05) is 0 Å². The van der Waals surface area contributed by atoms with Crippen molar-refractivity contribution in [1.29, 1.82) is 5.26 Å². The zero-order valence-electron chi connectivity index (χ0n) is 9.98. The third-order valence-electron chi connectivity index (χ3n) is 2.89. The first-order valence-electron chi connectivity index (χ1n) is 5.33. The van der Waals surface area contributed by atoms with E-state index in [2.05, 4.69) is 16.3 Å². The van der Waals surface area contributed by atoms with Crippen LogP contribution in [0.15, 0.2) is 18.2 Å². The van der Waals surface area contributed by atoms with Crippen LogP contribution in [-0.2, 0) is 0 Å². The van der Waals surface area contributed by atoms with Gasteiger partial charge in [0.05, 0.1) is 17.3 Å². The summed E-state index contributed by atoms with van der Waals surface area (Å²) in [5.41, 5.74) is 3.76. The summed E-state index contributed by atoms with van der Waals surface area (Å²) in [5, 5.41) is 24.2. The third-order valence-corrected chi connectivity index (χ3v) is 2.89. The second-order valence-electron chi connectivity index (χ2n) is 4.05. The molecule has 0 aliphatic carbocycles. The Kier molecular flexibility index (Phi) is 2.86. The fourth-order valence-electron chi connectivity index (χ4n) is 1.70. The Balaban J connectivity index is 2.54. The minimum atomic E-state index is -1.06. The molecule has 2 aromatic rings. The summed E-state index contributed by atoms with van der Waals surface area (Å²) in [6.45, 7) is 3.79. The standard InChI is InChI=1S/C13H11N3O2/c1-7-3-9(4-10(6-14)8(7)2)11-5-12(13(17)18)16-15-11/h3-5H,1-2H3,(H,15,16)(H,17,18). The SMILES string of the molecule is Cc1cc(-c2cc(C(=O)O)[nH]n2)cc(C#N)c1C. The van der Waals surface area contributed by atoms with E-state index >= 15 is 0 Å². The number of H-pyrrole nitrogens is 1. The molecule has 1 heterocycles. The largest absolute Gasteiger partial charge is 0.477 e. The number of carbonyl (C=O) groups is 1. The Hall–Kier alpha value is -2.61. The highest BCUT2D eigenvalue weighted by atomic mass is 16.4. The van der Waals surface area contributed by atoms with Crippen molar-refractivity contribution in [3.05, 3.63) is 40.6 Å². The molecule has 0 aliphatic rings. The maximum Gasteiger partial charge on any atom is 0.353 e. The number of rotatable bonds is 2. The van der Waals surface area contributed by atoms with Gasteiger partial charge in [0, 0.05) is 5.56 Å². The number of hydrogen-bond acceptors (Lipinski definition) is 3. The lowest BCUT2D eigenvalue weighted by Crippen LogP contribution is -1.95. The quantitative estimate of drug-likeness (QED) is 0.843. The summed E-state index contributed by atoms with van der Waals surface area (Å²) in [6, 6.07) is 7.17. The lowest BCUT2D eigenvalue weighted by Gasteiger charge is -2.05. The highest BCUT2D eigenvalue weighted by molar-refractivity contribution is 5.86. The number of benzene rings is 1. The van der Waals surface area contributed by atoms with Crippen LogP contribution in [0.25, 0.3) is 11.3 Å².